The van der Waals surface area contributed by atoms with Crippen LogP contribution < -0.4 is 5.32 Å². The first-order chi connectivity index (χ1) is 13.7. The third-order valence-electron chi connectivity index (χ3n) is 5.65. The maximum atomic E-state index is 13.0. The third-order valence-corrected chi connectivity index (χ3v) is 5.65. The Bertz CT molecular complexity index is 923. The van der Waals surface area contributed by atoms with Crippen LogP contribution in [0.3, 0.4) is 0 Å². The van der Waals surface area contributed by atoms with E-state index in [-0.39, 0.29) is 29.6 Å². The van der Waals surface area contributed by atoms with Gasteiger partial charge in [0.15, 0.2) is 11.6 Å². The third kappa shape index (κ3) is 4.28. The molecule has 0 fully saturated rings. The lowest BCUT2D eigenvalue weighted by molar-refractivity contribution is -0.121. The van der Waals surface area contributed by atoms with Crippen LogP contribution in [0.25, 0.3) is 0 Å². The van der Waals surface area contributed by atoms with E-state index < -0.39 is 0 Å². The van der Waals surface area contributed by atoms with Gasteiger partial charge in [-0.3, -0.25) is 9.59 Å². The van der Waals surface area contributed by atoms with Gasteiger partial charge in [0.1, 0.15) is 6.04 Å². The number of Topliss-reactive ketones (excluding diaryl/α,β-unsaturated/α-hetero) is 1. The van der Waals surface area contributed by atoms with Crippen LogP contribution in [0.5, 0.6) is 0 Å². The number of fused-ring (bicyclic) bond motifs is 1. The summed E-state index contributed by atoms with van der Waals surface area (Å²) in [5.74, 6) is 1.02. The van der Waals surface area contributed by atoms with Gasteiger partial charge in [-0.2, -0.15) is 4.98 Å². The maximum absolute atomic E-state index is 13.0. The summed E-state index contributed by atoms with van der Waals surface area (Å²) in [6, 6.07) is -0.376. The van der Waals surface area contributed by atoms with Crippen LogP contribution in [-0.4, -0.2) is 26.4 Å². The number of carbonyl (C=O) groups excluding carboxylic acids is 2. The van der Waals surface area contributed by atoms with Gasteiger partial charge in [-0.05, 0) is 37.7 Å². The number of rotatable bonds is 7. The minimum Gasteiger partial charge on any atom is -0.348 e. The van der Waals surface area contributed by atoms with E-state index in [1.807, 2.05) is 20.8 Å². The fourth-order valence-corrected chi connectivity index (χ4v) is 4.25. The lowest BCUT2D eigenvalue weighted by Crippen LogP contribution is -2.30. The molecule has 0 bridgehead atoms. The van der Waals surface area contributed by atoms with E-state index in [0.717, 1.165) is 41.9 Å². The van der Waals surface area contributed by atoms with Crippen molar-refractivity contribution in [3.63, 3.8) is 0 Å². The van der Waals surface area contributed by atoms with Crippen LogP contribution in [0, 0.1) is 12.3 Å². The van der Waals surface area contributed by atoms with Crippen molar-refractivity contribution < 1.29 is 14.1 Å². The summed E-state index contributed by atoms with van der Waals surface area (Å²) >= 11 is 0. The van der Waals surface area contributed by atoms with E-state index in [2.05, 4.69) is 40.8 Å². The molecule has 7 heteroatoms. The normalized spacial score (nSPS) is 16.6. The van der Waals surface area contributed by atoms with Gasteiger partial charge in [0.25, 0.3) is 0 Å². The van der Waals surface area contributed by atoms with Gasteiger partial charge >= 0.3 is 0 Å². The number of nitrogens with one attached hydrogen (secondary N) is 1. The van der Waals surface area contributed by atoms with Gasteiger partial charge < -0.3 is 14.4 Å². The zero-order valence-electron chi connectivity index (χ0n) is 18.4. The zero-order chi connectivity index (χ0) is 21.3. The van der Waals surface area contributed by atoms with Crippen LogP contribution in [0.4, 0.5) is 0 Å². The fourth-order valence-electron chi connectivity index (χ4n) is 4.25. The Kier molecular flexibility index (Phi) is 5.96. The summed E-state index contributed by atoms with van der Waals surface area (Å²) in [4.78, 5) is 30.0. The predicted molar refractivity (Wildman–Crippen MR) is 110 cm³/mol. The molecule has 1 amide bonds. The molecule has 0 saturated heterocycles. The number of ketones is 1. The number of hydrogen-bond donors (Lipinski definition) is 1. The fraction of sp³-hybridized carbons (Fsp3) is 0.636. The molecule has 1 atom stereocenters. The van der Waals surface area contributed by atoms with Gasteiger partial charge in [-0.15, -0.1) is 0 Å². The van der Waals surface area contributed by atoms with Crippen molar-refractivity contribution in [2.75, 3.05) is 0 Å². The topological polar surface area (TPSA) is 90.0 Å². The molecule has 0 spiro atoms. The molecule has 158 valence electrons. The van der Waals surface area contributed by atoms with Crippen molar-refractivity contribution in [2.45, 2.75) is 86.2 Å². The van der Waals surface area contributed by atoms with E-state index >= 15 is 0 Å². The summed E-state index contributed by atoms with van der Waals surface area (Å²) < 4.78 is 7.47. The van der Waals surface area contributed by atoms with Gasteiger partial charge in [0.05, 0.1) is 6.42 Å². The monoisotopic (exact) mass is 400 g/mol. The summed E-state index contributed by atoms with van der Waals surface area (Å²) in [6.07, 6.45) is 3.21. The van der Waals surface area contributed by atoms with Crippen molar-refractivity contribution in [1.29, 1.82) is 0 Å². The first-order valence-electron chi connectivity index (χ1n) is 10.5. The van der Waals surface area contributed by atoms with Gasteiger partial charge in [-0.25, -0.2) is 0 Å². The largest absolute Gasteiger partial charge is 0.348 e. The second-order valence-corrected chi connectivity index (χ2v) is 8.85. The van der Waals surface area contributed by atoms with Crippen LogP contribution in [0.15, 0.2) is 4.52 Å². The zero-order valence-corrected chi connectivity index (χ0v) is 18.4. The molecule has 2 heterocycles. The molecule has 0 saturated carbocycles. The average molecular weight is 401 g/mol. The summed E-state index contributed by atoms with van der Waals surface area (Å²) in [5, 5.41) is 6.81. The van der Waals surface area contributed by atoms with E-state index in [4.69, 9.17) is 4.52 Å². The van der Waals surface area contributed by atoms with Gasteiger partial charge in [0, 0.05) is 36.3 Å². The molecule has 1 aliphatic carbocycles. The quantitative estimate of drug-likeness (QED) is 0.765. The Labute approximate surface area is 172 Å². The molecule has 1 aliphatic rings. The highest BCUT2D eigenvalue weighted by atomic mass is 16.5. The van der Waals surface area contributed by atoms with E-state index in [9.17, 15) is 9.59 Å². The Morgan fingerprint density at radius 1 is 1.31 bits per heavy atom. The first kappa shape index (κ1) is 21.3. The molecular weight excluding hydrogens is 368 g/mol. The Morgan fingerprint density at radius 3 is 2.66 bits per heavy atom. The molecule has 0 aliphatic heterocycles. The van der Waals surface area contributed by atoms with E-state index in [0.29, 0.717) is 24.6 Å². The van der Waals surface area contributed by atoms with E-state index in [1.165, 1.54) is 0 Å². The molecule has 29 heavy (non-hydrogen) atoms. The van der Waals surface area contributed by atoms with Crippen molar-refractivity contribution in [1.82, 2.24) is 20.0 Å². The summed E-state index contributed by atoms with van der Waals surface area (Å²) in [5.41, 5.74) is 3.69. The second-order valence-electron chi connectivity index (χ2n) is 8.85. The number of amides is 1. The molecule has 0 radical (unpaired) electrons. The molecule has 0 unspecified atom stereocenters. The molecule has 1 N–H and O–H groups in total. The maximum Gasteiger partial charge on any atom is 0.248 e. The van der Waals surface area contributed by atoms with Crippen LogP contribution in [0.1, 0.15) is 92.5 Å². The molecule has 7 nitrogen and oxygen atoms in total. The Hall–Kier alpha value is -2.44. The average Bonchev–Trinajstić information content (AvgIpc) is 3.20. The smallest absolute Gasteiger partial charge is 0.248 e. The molecule has 2 aromatic heterocycles. The SMILES string of the molecule is CCCn1c(C)c(CC(=O)N[C@H](C)c2nc(CC)no2)c2c1CC(C)(C)CC2=O. The van der Waals surface area contributed by atoms with E-state index in [1.54, 1.807) is 0 Å². The number of aromatic nitrogens is 3. The van der Waals surface area contributed by atoms with Crippen LogP contribution >= 0.6 is 0 Å². The van der Waals surface area contributed by atoms with Crippen molar-refractivity contribution in [2.24, 2.45) is 5.41 Å². The Morgan fingerprint density at radius 2 is 2.03 bits per heavy atom. The highest BCUT2D eigenvalue weighted by Gasteiger charge is 2.37. The number of nitrogens with zero attached hydrogens (tertiary/aromatic N) is 3. The standard InChI is InChI=1S/C22H32N4O3/c1-7-9-26-14(4)15(20-16(26)11-22(5,6)12-17(20)27)10-19(28)23-13(3)21-24-18(8-2)25-29-21/h13H,7-12H2,1-6H3,(H,23,28)/t13-/m1/s1. The van der Waals surface area contributed by atoms with Crippen molar-refractivity contribution >= 4 is 11.7 Å². The Balaban J connectivity index is 1.85. The van der Waals surface area contributed by atoms with Crippen molar-refractivity contribution in [3.05, 3.63) is 34.2 Å². The first-order valence-corrected chi connectivity index (χ1v) is 10.5. The minimum atomic E-state index is -0.376. The number of aryl methyl sites for hydroxylation is 1. The minimum absolute atomic E-state index is 0.0522. The summed E-state index contributed by atoms with van der Waals surface area (Å²) in [6.45, 7) is 13.0. The van der Waals surface area contributed by atoms with Gasteiger partial charge in [0.2, 0.25) is 11.8 Å². The predicted octanol–water partition coefficient (Wildman–Crippen LogP) is 3.73. The van der Waals surface area contributed by atoms with Crippen LogP contribution in [-0.2, 0) is 30.6 Å². The molecule has 3 rings (SSSR count). The number of carbonyl (C=O) groups is 2. The van der Waals surface area contributed by atoms with Crippen molar-refractivity contribution in [3.8, 4) is 0 Å². The highest BCUT2D eigenvalue weighted by Crippen LogP contribution is 2.39. The lowest BCUT2D eigenvalue weighted by atomic mass is 9.75. The number of hydrogen-bond acceptors (Lipinski definition) is 5. The van der Waals surface area contributed by atoms with Gasteiger partial charge in [-0.1, -0.05) is 32.9 Å². The lowest BCUT2D eigenvalue weighted by Gasteiger charge is -2.30. The summed E-state index contributed by atoms with van der Waals surface area (Å²) in [7, 11) is 0. The van der Waals surface area contributed by atoms with Crippen LogP contribution in [0.2, 0.25) is 0 Å². The molecule has 2 aromatic rings. The second kappa shape index (κ2) is 8.13. The highest BCUT2D eigenvalue weighted by molar-refractivity contribution is 6.01. The molecular formula is C22H32N4O3. The molecule has 0 aromatic carbocycles.